The van der Waals surface area contributed by atoms with Crippen LogP contribution in [0.25, 0.3) is 0 Å². The van der Waals surface area contributed by atoms with Gasteiger partial charge in [-0.05, 0) is 55.9 Å². The lowest BCUT2D eigenvalue weighted by Gasteiger charge is -2.36. The van der Waals surface area contributed by atoms with Gasteiger partial charge in [-0.25, -0.2) is 4.57 Å². The summed E-state index contributed by atoms with van der Waals surface area (Å²) in [6, 6.07) is 1.51. The van der Waals surface area contributed by atoms with Crippen molar-refractivity contribution in [3.63, 3.8) is 0 Å². The number of thiol groups is 1. The van der Waals surface area contributed by atoms with Crippen LogP contribution in [0.3, 0.4) is 0 Å². The molecule has 38 heavy (non-hydrogen) atoms. The van der Waals surface area contributed by atoms with Crippen molar-refractivity contribution < 1.29 is 40.8 Å². The van der Waals surface area contributed by atoms with Crippen LogP contribution in [-0.4, -0.2) is 86.8 Å². The van der Waals surface area contributed by atoms with Gasteiger partial charge in [0.1, 0.15) is 0 Å². The quantitative estimate of drug-likeness (QED) is 0.0600. The highest BCUT2D eigenvalue weighted by atomic mass is 32.7. The lowest BCUT2D eigenvalue weighted by molar-refractivity contribution is -0.0135. The molecule has 9 nitrogen and oxygen atoms in total. The van der Waals surface area contributed by atoms with Gasteiger partial charge in [0, 0.05) is 69.2 Å². The molecule has 1 fully saturated rings. The van der Waals surface area contributed by atoms with E-state index in [4.69, 9.17) is 31.2 Å². The minimum atomic E-state index is -3.15. The Morgan fingerprint density at radius 1 is 1.11 bits per heavy atom. The van der Waals surface area contributed by atoms with Crippen molar-refractivity contribution in [3.05, 3.63) is 0 Å². The van der Waals surface area contributed by atoms with E-state index < -0.39 is 24.2 Å². The molecule has 0 amide bonds. The zero-order chi connectivity index (χ0) is 28.5. The van der Waals surface area contributed by atoms with Gasteiger partial charge < -0.3 is 36.3 Å². The van der Waals surface area contributed by atoms with Crippen LogP contribution >= 0.6 is 30.8 Å². The highest BCUT2D eigenvalue weighted by Crippen LogP contribution is 2.60. The molecule has 1 aliphatic rings. The SMILES string of the molecule is CCCOP(=O)(OCC)SCCC[Si](C)(OCC(C)CO)OCC(C)CO[Si]1(CCCS)OCC(C)CO1. The molecule has 4 unspecified atom stereocenters. The van der Waals surface area contributed by atoms with Gasteiger partial charge in [-0.1, -0.05) is 27.7 Å². The molecule has 228 valence electrons. The molecular formula is C24H53O9PS2Si2. The third-order valence-electron chi connectivity index (χ3n) is 5.83. The van der Waals surface area contributed by atoms with Crippen LogP contribution in [0.1, 0.15) is 53.9 Å². The van der Waals surface area contributed by atoms with Crippen molar-refractivity contribution in [1.82, 2.24) is 0 Å². The van der Waals surface area contributed by atoms with Gasteiger partial charge >= 0.3 is 24.2 Å². The Kier molecular flexibility index (Phi) is 19.5. The molecule has 4 atom stereocenters. The van der Waals surface area contributed by atoms with Gasteiger partial charge in [-0.2, -0.15) is 12.6 Å². The zero-order valence-corrected chi connectivity index (χ0v) is 29.0. The fourth-order valence-corrected chi connectivity index (χ4v) is 13.0. The van der Waals surface area contributed by atoms with Gasteiger partial charge in [0.15, 0.2) is 0 Å². The first-order chi connectivity index (χ1) is 18.0. The van der Waals surface area contributed by atoms with Crippen LogP contribution in [0.15, 0.2) is 0 Å². The Labute approximate surface area is 243 Å². The summed E-state index contributed by atoms with van der Waals surface area (Å²) in [7, 11) is -5.25. The second-order valence-corrected chi connectivity index (χ2v) is 21.0. The summed E-state index contributed by atoms with van der Waals surface area (Å²) in [4.78, 5) is 0. The molecule has 0 bridgehead atoms. The first-order valence-corrected chi connectivity index (χ1v) is 22.2. The number of hydrogen-bond acceptors (Lipinski definition) is 11. The minimum Gasteiger partial charge on any atom is -0.396 e. The van der Waals surface area contributed by atoms with Gasteiger partial charge in [0.05, 0.1) is 13.2 Å². The Bertz CT molecular complexity index is 657. The molecular weight excluding hydrogens is 584 g/mol. The molecule has 0 aliphatic carbocycles. The molecule has 0 aromatic rings. The maximum atomic E-state index is 12.9. The Hall–Kier alpha value is 1.04. The van der Waals surface area contributed by atoms with Crippen LogP contribution in [0.4, 0.5) is 0 Å². The smallest absolute Gasteiger partial charge is 0.396 e. The first-order valence-electron chi connectivity index (χ1n) is 14.0. The maximum absolute atomic E-state index is 12.9. The van der Waals surface area contributed by atoms with E-state index in [1.807, 2.05) is 20.8 Å². The van der Waals surface area contributed by atoms with Crippen molar-refractivity contribution in [2.45, 2.75) is 72.5 Å². The fourth-order valence-electron chi connectivity index (χ4n) is 3.46. The molecule has 0 radical (unpaired) electrons. The molecule has 1 N–H and O–H groups in total. The van der Waals surface area contributed by atoms with Crippen molar-refractivity contribution in [1.29, 1.82) is 0 Å². The molecule has 14 heteroatoms. The Balaban J connectivity index is 2.65. The Morgan fingerprint density at radius 3 is 2.34 bits per heavy atom. The monoisotopic (exact) mass is 636 g/mol. The van der Waals surface area contributed by atoms with Gasteiger partial charge in [0.25, 0.3) is 0 Å². The van der Waals surface area contributed by atoms with Crippen LogP contribution < -0.4 is 0 Å². The van der Waals surface area contributed by atoms with Gasteiger partial charge in [-0.3, -0.25) is 0 Å². The molecule has 1 rings (SSSR count). The predicted octanol–water partition coefficient (Wildman–Crippen LogP) is 6.01. The van der Waals surface area contributed by atoms with E-state index in [0.29, 0.717) is 57.9 Å². The summed E-state index contributed by atoms with van der Waals surface area (Å²) in [5.41, 5.74) is 0. The summed E-state index contributed by atoms with van der Waals surface area (Å²) in [6.45, 7) is 12.4. The van der Waals surface area contributed by atoms with Crippen LogP contribution in [-0.2, 0) is 35.7 Å². The second kappa shape index (κ2) is 20.0. The van der Waals surface area contributed by atoms with Crippen molar-refractivity contribution >= 4 is 48.2 Å². The average molecular weight is 637 g/mol. The van der Waals surface area contributed by atoms with Crippen LogP contribution in [0, 0.1) is 17.8 Å². The highest BCUT2D eigenvalue weighted by Gasteiger charge is 2.44. The van der Waals surface area contributed by atoms with Crippen molar-refractivity contribution in [2.24, 2.45) is 17.8 Å². The number of aliphatic hydroxyl groups excluding tert-OH is 1. The third kappa shape index (κ3) is 15.3. The van der Waals surface area contributed by atoms with Crippen molar-refractivity contribution in [3.8, 4) is 0 Å². The largest absolute Gasteiger partial charge is 0.501 e. The molecule has 0 aromatic carbocycles. The van der Waals surface area contributed by atoms with Gasteiger partial charge in [-0.15, -0.1) is 0 Å². The van der Waals surface area contributed by atoms with E-state index in [1.54, 1.807) is 0 Å². The maximum Gasteiger partial charge on any atom is 0.501 e. The normalized spacial score (nSPS) is 25.0. The molecule has 1 heterocycles. The second-order valence-electron chi connectivity index (χ2n) is 10.3. The highest BCUT2D eigenvalue weighted by molar-refractivity contribution is 8.55. The number of rotatable bonds is 23. The van der Waals surface area contributed by atoms with Crippen molar-refractivity contribution in [2.75, 3.05) is 64.4 Å². The van der Waals surface area contributed by atoms with Gasteiger partial charge in [0.2, 0.25) is 0 Å². The van der Waals surface area contributed by atoms with E-state index in [1.165, 1.54) is 11.4 Å². The first kappa shape index (κ1) is 37.1. The minimum absolute atomic E-state index is 0.0295. The molecule has 0 saturated carbocycles. The lowest BCUT2D eigenvalue weighted by atomic mass is 10.2. The van der Waals surface area contributed by atoms with E-state index in [-0.39, 0.29) is 18.4 Å². The molecule has 0 aromatic heterocycles. The van der Waals surface area contributed by atoms with E-state index in [0.717, 1.165) is 37.1 Å². The zero-order valence-electron chi connectivity index (χ0n) is 24.4. The lowest BCUT2D eigenvalue weighted by Crippen LogP contribution is -2.52. The fraction of sp³-hybridized carbons (Fsp3) is 1.00. The summed E-state index contributed by atoms with van der Waals surface area (Å²) in [6.07, 6.45) is 2.44. The topological polar surface area (TPSA) is 102 Å². The average Bonchev–Trinajstić information content (AvgIpc) is 2.91. The summed E-state index contributed by atoms with van der Waals surface area (Å²) in [5, 5.41) is 9.46. The molecule has 1 saturated heterocycles. The number of hydrogen-bond donors (Lipinski definition) is 2. The molecule has 0 spiro atoms. The van der Waals surface area contributed by atoms with E-state index in [9.17, 15) is 9.67 Å². The predicted molar refractivity (Wildman–Crippen MR) is 162 cm³/mol. The summed E-state index contributed by atoms with van der Waals surface area (Å²) >= 11 is 5.59. The molecule has 1 aliphatic heterocycles. The number of aliphatic hydroxyl groups is 1. The standard InChI is InChI=1S/C24H53O9PS2Si2/c1-7-11-28-34(26,27-8-2)36-13-10-14-37(6,29-17-22(3)16-25)30-18-23(4)19-31-38(15-9-12-35)32-20-24(5)21-33-38/h22-25,35H,7-21H2,1-6H3. The van der Waals surface area contributed by atoms with E-state index >= 15 is 0 Å². The van der Waals surface area contributed by atoms with Crippen LogP contribution in [0.2, 0.25) is 18.6 Å². The Morgan fingerprint density at radius 2 is 1.76 bits per heavy atom. The summed E-state index contributed by atoms with van der Waals surface area (Å²) < 4.78 is 55.1. The van der Waals surface area contributed by atoms with Crippen LogP contribution in [0.5, 0.6) is 0 Å². The third-order valence-corrected chi connectivity index (χ3v) is 15.7. The summed E-state index contributed by atoms with van der Waals surface area (Å²) in [5.74, 6) is 1.93. The van der Waals surface area contributed by atoms with E-state index in [2.05, 4.69) is 33.0 Å².